The number of hydrogen-bond donors (Lipinski definition) is 1. The van der Waals surface area contributed by atoms with Gasteiger partial charge in [0, 0.05) is 20.1 Å². The van der Waals surface area contributed by atoms with Gasteiger partial charge in [-0.15, -0.1) is 0 Å². The van der Waals surface area contributed by atoms with E-state index in [0.717, 1.165) is 25.9 Å². The van der Waals surface area contributed by atoms with Crippen molar-refractivity contribution in [1.29, 1.82) is 0 Å². The summed E-state index contributed by atoms with van der Waals surface area (Å²) >= 11 is 5.99. The van der Waals surface area contributed by atoms with Crippen LogP contribution < -0.4 is 5.32 Å². The maximum absolute atomic E-state index is 12.1. The fourth-order valence-corrected chi connectivity index (χ4v) is 1.99. The lowest BCUT2D eigenvalue weighted by atomic mass is 10.3. The molecule has 0 radical (unpaired) electrons. The fourth-order valence-electron chi connectivity index (χ4n) is 1.80. The number of nitrogens with zero attached hydrogens (tertiary/aromatic N) is 2. The molecule has 86 valence electrons. The second kappa shape index (κ2) is 4.70. The van der Waals surface area contributed by atoms with Crippen molar-refractivity contribution in [3.05, 3.63) is 22.8 Å². The molecule has 5 heteroatoms. The van der Waals surface area contributed by atoms with Crippen LogP contribution in [-0.2, 0) is 0 Å². The molecular formula is C11H14ClN3O. The van der Waals surface area contributed by atoms with E-state index in [0.29, 0.717) is 16.5 Å². The predicted molar refractivity (Wildman–Crippen MR) is 63.9 cm³/mol. The van der Waals surface area contributed by atoms with E-state index >= 15 is 0 Å². The standard InChI is InChI=1S/C11H14ClN3O/c1-13-9-5-4-8(12)10(14-9)11(16)15-6-2-3-7-15/h4-5H,2-3,6-7H2,1H3,(H,13,14). The highest BCUT2D eigenvalue weighted by atomic mass is 35.5. The van der Waals surface area contributed by atoms with Gasteiger partial charge < -0.3 is 10.2 Å². The Morgan fingerprint density at radius 1 is 1.44 bits per heavy atom. The van der Waals surface area contributed by atoms with Gasteiger partial charge in [0.25, 0.3) is 5.91 Å². The van der Waals surface area contributed by atoms with Gasteiger partial charge in [0.1, 0.15) is 11.5 Å². The number of halogens is 1. The van der Waals surface area contributed by atoms with Crippen molar-refractivity contribution in [2.24, 2.45) is 0 Å². The van der Waals surface area contributed by atoms with Gasteiger partial charge in [-0.25, -0.2) is 4.98 Å². The minimum atomic E-state index is -0.0698. The Kier molecular flexibility index (Phi) is 3.29. The van der Waals surface area contributed by atoms with Gasteiger partial charge in [-0.3, -0.25) is 4.79 Å². The summed E-state index contributed by atoms with van der Waals surface area (Å²) in [7, 11) is 1.76. The van der Waals surface area contributed by atoms with E-state index in [4.69, 9.17) is 11.6 Å². The zero-order valence-corrected chi connectivity index (χ0v) is 9.92. The summed E-state index contributed by atoms with van der Waals surface area (Å²) in [6.45, 7) is 1.61. The van der Waals surface area contributed by atoms with Crippen molar-refractivity contribution >= 4 is 23.3 Å². The lowest BCUT2D eigenvalue weighted by molar-refractivity contribution is 0.0787. The number of nitrogens with one attached hydrogen (secondary N) is 1. The van der Waals surface area contributed by atoms with Gasteiger partial charge in [-0.2, -0.15) is 0 Å². The number of carbonyl (C=O) groups excluding carboxylic acids is 1. The number of likely N-dealkylation sites (tertiary alicyclic amines) is 1. The molecular weight excluding hydrogens is 226 g/mol. The van der Waals surface area contributed by atoms with Crippen molar-refractivity contribution in [3.63, 3.8) is 0 Å². The first kappa shape index (κ1) is 11.2. The Morgan fingerprint density at radius 2 is 2.12 bits per heavy atom. The van der Waals surface area contributed by atoms with Gasteiger partial charge in [-0.1, -0.05) is 11.6 Å². The van der Waals surface area contributed by atoms with E-state index in [-0.39, 0.29) is 5.91 Å². The quantitative estimate of drug-likeness (QED) is 0.859. The summed E-state index contributed by atoms with van der Waals surface area (Å²) < 4.78 is 0. The van der Waals surface area contributed by atoms with Crippen molar-refractivity contribution in [2.75, 3.05) is 25.5 Å². The third-order valence-electron chi connectivity index (χ3n) is 2.70. The molecule has 0 unspecified atom stereocenters. The highest BCUT2D eigenvalue weighted by Gasteiger charge is 2.22. The summed E-state index contributed by atoms with van der Waals surface area (Å²) in [5.74, 6) is 0.589. The SMILES string of the molecule is CNc1ccc(Cl)c(C(=O)N2CCCC2)n1. The highest BCUT2D eigenvalue weighted by molar-refractivity contribution is 6.33. The molecule has 1 N–H and O–H groups in total. The maximum atomic E-state index is 12.1. The molecule has 1 amide bonds. The molecule has 1 saturated heterocycles. The number of hydrogen-bond acceptors (Lipinski definition) is 3. The van der Waals surface area contributed by atoms with E-state index in [1.165, 1.54) is 0 Å². The molecule has 1 aliphatic rings. The van der Waals surface area contributed by atoms with Crippen LogP contribution in [0.1, 0.15) is 23.3 Å². The summed E-state index contributed by atoms with van der Waals surface area (Å²) in [4.78, 5) is 18.1. The molecule has 1 aliphatic heterocycles. The average molecular weight is 240 g/mol. The smallest absolute Gasteiger partial charge is 0.274 e. The fraction of sp³-hybridized carbons (Fsp3) is 0.455. The Bertz CT molecular complexity index is 402. The average Bonchev–Trinajstić information content (AvgIpc) is 2.82. The second-order valence-corrected chi connectivity index (χ2v) is 4.18. The van der Waals surface area contributed by atoms with Crippen molar-refractivity contribution in [2.45, 2.75) is 12.8 Å². The van der Waals surface area contributed by atoms with Gasteiger partial charge in [0.05, 0.1) is 5.02 Å². The molecule has 0 atom stereocenters. The predicted octanol–water partition coefficient (Wildman–Crippen LogP) is 2.01. The third-order valence-corrected chi connectivity index (χ3v) is 3.00. The minimum absolute atomic E-state index is 0.0698. The van der Waals surface area contributed by atoms with Crippen LogP contribution in [0.5, 0.6) is 0 Å². The second-order valence-electron chi connectivity index (χ2n) is 3.78. The van der Waals surface area contributed by atoms with Gasteiger partial charge in [-0.05, 0) is 25.0 Å². The molecule has 1 fully saturated rings. The molecule has 0 spiro atoms. The molecule has 0 bridgehead atoms. The number of amides is 1. The van der Waals surface area contributed by atoms with Gasteiger partial charge in [0.15, 0.2) is 0 Å². The van der Waals surface area contributed by atoms with Crippen LogP contribution in [-0.4, -0.2) is 35.9 Å². The molecule has 0 aromatic carbocycles. The van der Waals surface area contributed by atoms with E-state index in [1.54, 1.807) is 24.1 Å². The number of carbonyl (C=O) groups is 1. The van der Waals surface area contributed by atoms with E-state index < -0.39 is 0 Å². The largest absolute Gasteiger partial charge is 0.373 e. The zero-order chi connectivity index (χ0) is 11.5. The van der Waals surface area contributed by atoms with Crippen LogP contribution in [0.2, 0.25) is 5.02 Å². The highest BCUT2D eigenvalue weighted by Crippen LogP contribution is 2.20. The Balaban J connectivity index is 2.27. The van der Waals surface area contributed by atoms with Crippen LogP contribution in [0.3, 0.4) is 0 Å². The summed E-state index contributed by atoms with van der Waals surface area (Å²) in [5.41, 5.74) is 0.343. The van der Waals surface area contributed by atoms with E-state index in [9.17, 15) is 4.79 Å². The van der Waals surface area contributed by atoms with Crippen LogP contribution in [0.4, 0.5) is 5.82 Å². The Hall–Kier alpha value is -1.29. The first-order chi connectivity index (χ1) is 7.72. The van der Waals surface area contributed by atoms with Gasteiger partial charge >= 0.3 is 0 Å². The number of aromatic nitrogens is 1. The summed E-state index contributed by atoms with van der Waals surface area (Å²) in [6.07, 6.45) is 2.13. The Labute approximate surface area is 99.6 Å². The topological polar surface area (TPSA) is 45.2 Å². The van der Waals surface area contributed by atoms with Crippen LogP contribution in [0, 0.1) is 0 Å². The van der Waals surface area contributed by atoms with E-state index in [2.05, 4.69) is 10.3 Å². The van der Waals surface area contributed by atoms with Crippen molar-refractivity contribution in [1.82, 2.24) is 9.88 Å². The summed E-state index contributed by atoms with van der Waals surface area (Å²) in [6, 6.07) is 3.45. The summed E-state index contributed by atoms with van der Waals surface area (Å²) in [5, 5.41) is 3.31. The lowest BCUT2D eigenvalue weighted by Crippen LogP contribution is -2.28. The monoisotopic (exact) mass is 239 g/mol. The first-order valence-electron chi connectivity index (χ1n) is 5.36. The molecule has 1 aromatic rings. The number of anilines is 1. The molecule has 0 aliphatic carbocycles. The molecule has 1 aromatic heterocycles. The van der Waals surface area contributed by atoms with E-state index in [1.807, 2.05) is 0 Å². The molecule has 2 rings (SSSR count). The zero-order valence-electron chi connectivity index (χ0n) is 9.16. The number of pyridine rings is 1. The number of rotatable bonds is 2. The normalized spacial score (nSPS) is 15.2. The van der Waals surface area contributed by atoms with Gasteiger partial charge in [0.2, 0.25) is 0 Å². The molecule has 0 saturated carbocycles. The van der Waals surface area contributed by atoms with Crippen molar-refractivity contribution in [3.8, 4) is 0 Å². The third kappa shape index (κ3) is 2.11. The molecule has 16 heavy (non-hydrogen) atoms. The van der Waals surface area contributed by atoms with Crippen LogP contribution in [0.15, 0.2) is 12.1 Å². The van der Waals surface area contributed by atoms with Crippen LogP contribution >= 0.6 is 11.6 Å². The van der Waals surface area contributed by atoms with Crippen molar-refractivity contribution < 1.29 is 4.79 Å². The van der Waals surface area contributed by atoms with Crippen LogP contribution in [0.25, 0.3) is 0 Å². The lowest BCUT2D eigenvalue weighted by Gasteiger charge is -2.15. The maximum Gasteiger partial charge on any atom is 0.274 e. The molecule has 2 heterocycles. The minimum Gasteiger partial charge on any atom is -0.373 e. The Morgan fingerprint density at radius 3 is 2.75 bits per heavy atom. The molecule has 4 nitrogen and oxygen atoms in total. The first-order valence-corrected chi connectivity index (χ1v) is 5.74.